The largest absolute Gasteiger partial charge is 0.383 e. The molecule has 96 valence electrons. The molecule has 1 aromatic rings. The molecule has 0 spiro atoms. The van der Waals surface area contributed by atoms with Gasteiger partial charge in [0.05, 0.1) is 27.3 Å². The van der Waals surface area contributed by atoms with Gasteiger partial charge in [-0.3, -0.25) is 4.21 Å². The molecule has 3 nitrogen and oxygen atoms in total. The lowest BCUT2D eigenvalue weighted by Crippen LogP contribution is -2.37. The van der Waals surface area contributed by atoms with E-state index in [1.165, 1.54) is 0 Å². The van der Waals surface area contributed by atoms with Crippen molar-refractivity contribution < 1.29 is 8.95 Å². The van der Waals surface area contributed by atoms with Gasteiger partial charge in [0.15, 0.2) is 0 Å². The molecule has 0 bridgehead atoms. The van der Waals surface area contributed by atoms with Crippen LogP contribution in [0.2, 0.25) is 5.02 Å². The SMILES string of the molecule is CCNC(COC)CS(=O)c1ccccc1Cl. The summed E-state index contributed by atoms with van der Waals surface area (Å²) in [7, 11) is 0.539. The summed E-state index contributed by atoms with van der Waals surface area (Å²) >= 11 is 6.01. The van der Waals surface area contributed by atoms with Crippen molar-refractivity contribution in [2.75, 3.05) is 26.0 Å². The van der Waals surface area contributed by atoms with Gasteiger partial charge in [0.2, 0.25) is 0 Å². The highest BCUT2D eigenvalue weighted by molar-refractivity contribution is 7.85. The minimum Gasteiger partial charge on any atom is -0.383 e. The van der Waals surface area contributed by atoms with Crippen molar-refractivity contribution in [3.05, 3.63) is 29.3 Å². The standard InChI is InChI=1S/C12H18ClNO2S/c1-3-14-10(8-16-2)9-17(15)12-7-5-4-6-11(12)13/h4-7,10,14H,3,8-9H2,1-2H3. The second-order valence-corrected chi connectivity index (χ2v) is 5.52. The van der Waals surface area contributed by atoms with Gasteiger partial charge in [0, 0.05) is 18.9 Å². The van der Waals surface area contributed by atoms with Crippen LogP contribution in [0.25, 0.3) is 0 Å². The van der Waals surface area contributed by atoms with Crippen LogP contribution < -0.4 is 5.32 Å². The van der Waals surface area contributed by atoms with Gasteiger partial charge in [-0.2, -0.15) is 0 Å². The Kier molecular flexibility index (Phi) is 6.73. The molecule has 0 saturated carbocycles. The highest BCUT2D eigenvalue weighted by Crippen LogP contribution is 2.19. The molecule has 0 aliphatic carbocycles. The summed E-state index contributed by atoms with van der Waals surface area (Å²) in [5, 5.41) is 3.80. The van der Waals surface area contributed by atoms with Gasteiger partial charge in [-0.1, -0.05) is 30.7 Å². The first-order chi connectivity index (χ1) is 8.19. The molecule has 0 heterocycles. The molecule has 0 fully saturated rings. The number of nitrogens with one attached hydrogen (secondary N) is 1. The molecule has 2 unspecified atom stereocenters. The van der Waals surface area contributed by atoms with E-state index in [9.17, 15) is 4.21 Å². The van der Waals surface area contributed by atoms with E-state index < -0.39 is 10.8 Å². The molecule has 0 amide bonds. The molecule has 1 aromatic carbocycles. The second-order valence-electron chi connectivity index (χ2n) is 3.65. The van der Waals surface area contributed by atoms with Crippen LogP contribution in [0.15, 0.2) is 29.2 Å². The van der Waals surface area contributed by atoms with Gasteiger partial charge in [-0.15, -0.1) is 0 Å². The number of halogens is 1. The Morgan fingerprint density at radius 2 is 2.18 bits per heavy atom. The predicted molar refractivity (Wildman–Crippen MR) is 72.1 cm³/mol. The maximum Gasteiger partial charge on any atom is 0.0624 e. The smallest absolute Gasteiger partial charge is 0.0624 e. The third-order valence-electron chi connectivity index (χ3n) is 2.30. The normalized spacial score (nSPS) is 14.5. The zero-order chi connectivity index (χ0) is 12.7. The average molecular weight is 276 g/mol. The van der Waals surface area contributed by atoms with Gasteiger partial charge in [-0.25, -0.2) is 0 Å². The van der Waals surface area contributed by atoms with Crippen molar-refractivity contribution >= 4 is 22.4 Å². The van der Waals surface area contributed by atoms with Crippen LogP contribution in [0.1, 0.15) is 6.92 Å². The van der Waals surface area contributed by atoms with E-state index in [-0.39, 0.29) is 6.04 Å². The van der Waals surface area contributed by atoms with Crippen LogP contribution in [0.4, 0.5) is 0 Å². The molecule has 0 aliphatic heterocycles. The molecular weight excluding hydrogens is 258 g/mol. The molecule has 0 saturated heterocycles. The lowest BCUT2D eigenvalue weighted by molar-refractivity contribution is 0.174. The molecule has 1 N–H and O–H groups in total. The highest BCUT2D eigenvalue weighted by atomic mass is 35.5. The van der Waals surface area contributed by atoms with Crippen molar-refractivity contribution in [2.45, 2.75) is 17.9 Å². The summed E-state index contributed by atoms with van der Waals surface area (Å²) in [5.41, 5.74) is 0. The lowest BCUT2D eigenvalue weighted by Gasteiger charge is -2.16. The Bertz CT molecular complexity index is 367. The van der Waals surface area contributed by atoms with E-state index in [0.717, 1.165) is 6.54 Å². The maximum absolute atomic E-state index is 12.2. The summed E-state index contributed by atoms with van der Waals surface area (Å²) in [6.07, 6.45) is 0. The number of likely N-dealkylation sites (N-methyl/N-ethyl adjacent to an activating group) is 1. The Morgan fingerprint density at radius 3 is 2.76 bits per heavy atom. The zero-order valence-electron chi connectivity index (χ0n) is 10.1. The third kappa shape index (κ3) is 4.76. The van der Waals surface area contributed by atoms with Gasteiger partial charge >= 0.3 is 0 Å². The fraction of sp³-hybridized carbons (Fsp3) is 0.500. The van der Waals surface area contributed by atoms with Crippen molar-refractivity contribution in [1.82, 2.24) is 5.32 Å². The van der Waals surface area contributed by atoms with Crippen LogP contribution in [0.5, 0.6) is 0 Å². The fourth-order valence-corrected chi connectivity index (χ4v) is 3.23. The fourth-order valence-electron chi connectivity index (χ4n) is 1.56. The average Bonchev–Trinajstić information content (AvgIpc) is 2.30. The predicted octanol–water partition coefficient (Wildman–Crippen LogP) is 2.07. The number of rotatable bonds is 7. The summed E-state index contributed by atoms with van der Waals surface area (Å²) < 4.78 is 17.3. The van der Waals surface area contributed by atoms with Gasteiger partial charge in [0.25, 0.3) is 0 Å². The molecule has 5 heteroatoms. The first-order valence-corrected chi connectivity index (χ1v) is 7.24. The first-order valence-electron chi connectivity index (χ1n) is 5.54. The molecule has 17 heavy (non-hydrogen) atoms. The summed E-state index contributed by atoms with van der Waals surface area (Å²) in [6, 6.07) is 7.32. The van der Waals surface area contributed by atoms with E-state index in [1.807, 2.05) is 19.1 Å². The highest BCUT2D eigenvalue weighted by Gasteiger charge is 2.14. The van der Waals surface area contributed by atoms with E-state index in [4.69, 9.17) is 16.3 Å². The second kappa shape index (κ2) is 7.82. The molecule has 1 rings (SSSR count). The van der Waals surface area contributed by atoms with Crippen molar-refractivity contribution in [3.8, 4) is 0 Å². The molecule has 0 radical (unpaired) electrons. The summed E-state index contributed by atoms with van der Waals surface area (Å²) in [4.78, 5) is 0.688. The number of methoxy groups -OCH3 is 1. The van der Waals surface area contributed by atoms with Crippen LogP contribution in [0, 0.1) is 0 Å². The molecule has 0 aromatic heterocycles. The molecule has 2 atom stereocenters. The van der Waals surface area contributed by atoms with Crippen LogP contribution in [0.3, 0.4) is 0 Å². The van der Waals surface area contributed by atoms with Gasteiger partial charge < -0.3 is 10.1 Å². The number of benzene rings is 1. The number of hydrogen-bond acceptors (Lipinski definition) is 3. The van der Waals surface area contributed by atoms with Crippen LogP contribution >= 0.6 is 11.6 Å². The van der Waals surface area contributed by atoms with E-state index >= 15 is 0 Å². The Labute approximate surface area is 110 Å². The monoisotopic (exact) mass is 275 g/mol. The Balaban J connectivity index is 2.67. The molecular formula is C12H18ClNO2S. The van der Waals surface area contributed by atoms with Crippen molar-refractivity contribution in [2.24, 2.45) is 0 Å². The maximum atomic E-state index is 12.2. The van der Waals surface area contributed by atoms with Gasteiger partial charge in [-0.05, 0) is 18.7 Å². The van der Waals surface area contributed by atoms with Gasteiger partial charge in [0.1, 0.15) is 0 Å². The van der Waals surface area contributed by atoms with Crippen LogP contribution in [-0.2, 0) is 15.5 Å². The first kappa shape index (κ1) is 14.6. The Hall–Kier alpha value is -0.420. The van der Waals surface area contributed by atoms with E-state index in [0.29, 0.717) is 22.3 Å². The van der Waals surface area contributed by atoms with E-state index in [2.05, 4.69) is 5.32 Å². The van der Waals surface area contributed by atoms with Crippen molar-refractivity contribution in [3.63, 3.8) is 0 Å². The van der Waals surface area contributed by atoms with E-state index in [1.54, 1.807) is 19.2 Å². The summed E-state index contributed by atoms with van der Waals surface area (Å²) in [5.74, 6) is 0.505. The minimum absolute atomic E-state index is 0.0853. The number of ether oxygens (including phenoxy) is 1. The third-order valence-corrected chi connectivity index (χ3v) is 4.29. The molecule has 0 aliphatic rings. The topological polar surface area (TPSA) is 38.3 Å². The van der Waals surface area contributed by atoms with Crippen molar-refractivity contribution in [1.29, 1.82) is 0 Å². The lowest BCUT2D eigenvalue weighted by atomic mass is 10.3. The quantitative estimate of drug-likeness (QED) is 0.828. The Morgan fingerprint density at radius 1 is 1.47 bits per heavy atom. The number of hydrogen-bond donors (Lipinski definition) is 1. The minimum atomic E-state index is -1.10. The summed E-state index contributed by atoms with van der Waals surface area (Å²) in [6.45, 7) is 3.39. The zero-order valence-corrected chi connectivity index (χ0v) is 11.7. The van der Waals surface area contributed by atoms with Crippen LogP contribution in [-0.4, -0.2) is 36.3 Å².